The van der Waals surface area contributed by atoms with Crippen LogP contribution in [0.15, 0.2) is 54.6 Å². The van der Waals surface area contributed by atoms with Crippen molar-refractivity contribution in [2.75, 3.05) is 17.4 Å². The largest absolute Gasteiger partial charge is 0.434 e. The number of anilines is 1. The quantitative estimate of drug-likeness (QED) is 0.499. The second-order valence-electron chi connectivity index (χ2n) is 6.88. The summed E-state index contributed by atoms with van der Waals surface area (Å²) in [5, 5.41) is 0. The number of amides is 1. The molecule has 1 N–H and O–H groups in total. The number of hydrogen-bond acceptors (Lipinski definition) is 3. The molecule has 32 heavy (non-hydrogen) atoms. The number of alkyl halides is 6. The van der Waals surface area contributed by atoms with E-state index in [2.05, 4.69) is 4.74 Å². The number of ether oxygens (including phenoxy) is 1. The molecule has 1 aliphatic rings. The number of rotatable bonds is 5. The van der Waals surface area contributed by atoms with Gasteiger partial charge < -0.3 is 9.64 Å². The summed E-state index contributed by atoms with van der Waals surface area (Å²) in [6, 6.07) is 14.9. The van der Waals surface area contributed by atoms with Crippen LogP contribution in [0.3, 0.4) is 0 Å². The van der Waals surface area contributed by atoms with E-state index in [9.17, 15) is 39.9 Å². The minimum absolute atomic E-state index is 0.284. The standard InChI is InChI=1S/C19H16F6N2O4S/c20-18(21,22)16(19(23,24)25)31-17(28)26-10-15(11-26)27(32(29)30)14-8-6-13(7-9-14)12-4-2-1-3-5-12/h1-9,15-16H,10-11H2,(H,29,30). The second kappa shape index (κ2) is 8.98. The van der Waals surface area contributed by atoms with Gasteiger partial charge in [-0.2, -0.15) is 26.3 Å². The fourth-order valence-electron chi connectivity index (χ4n) is 3.11. The van der Waals surface area contributed by atoms with Gasteiger partial charge in [0.2, 0.25) is 0 Å². The van der Waals surface area contributed by atoms with E-state index < -0.39 is 54.9 Å². The number of hydrogen-bond donors (Lipinski definition) is 1. The molecule has 1 saturated heterocycles. The number of nitrogens with zero attached hydrogens (tertiary/aromatic N) is 2. The van der Waals surface area contributed by atoms with Crippen LogP contribution < -0.4 is 4.31 Å². The summed E-state index contributed by atoms with van der Waals surface area (Å²) in [7, 11) is 0. The van der Waals surface area contributed by atoms with Gasteiger partial charge in [0, 0.05) is 13.1 Å². The first kappa shape index (κ1) is 23.9. The summed E-state index contributed by atoms with van der Waals surface area (Å²) in [6.07, 6.45) is -17.7. The zero-order valence-corrected chi connectivity index (χ0v) is 16.8. The van der Waals surface area contributed by atoms with Crippen molar-refractivity contribution in [2.24, 2.45) is 0 Å². The van der Waals surface area contributed by atoms with Crippen LogP contribution in [0, 0.1) is 0 Å². The van der Waals surface area contributed by atoms with Gasteiger partial charge in [0.05, 0.1) is 11.7 Å². The molecular formula is C19H16F6N2O4S. The van der Waals surface area contributed by atoms with Crippen LogP contribution in [0.25, 0.3) is 11.1 Å². The third kappa shape index (κ3) is 5.33. The Hall–Kier alpha value is -2.80. The van der Waals surface area contributed by atoms with E-state index in [4.69, 9.17) is 0 Å². The molecule has 1 aliphatic heterocycles. The number of carbonyl (C=O) groups excluding carboxylic acids is 1. The van der Waals surface area contributed by atoms with Crippen molar-refractivity contribution in [3.05, 3.63) is 54.6 Å². The first-order chi connectivity index (χ1) is 14.9. The van der Waals surface area contributed by atoms with E-state index in [1.54, 1.807) is 24.3 Å². The first-order valence-electron chi connectivity index (χ1n) is 9.02. The summed E-state index contributed by atoms with van der Waals surface area (Å²) >= 11 is -2.56. The number of halogens is 6. The van der Waals surface area contributed by atoms with Gasteiger partial charge in [-0.25, -0.2) is 9.00 Å². The zero-order chi connectivity index (χ0) is 23.7. The maximum atomic E-state index is 12.6. The Morgan fingerprint density at radius 1 is 0.969 bits per heavy atom. The molecule has 3 rings (SSSR count). The van der Waals surface area contributed by atoms with Gasteiger partial charge in [0.15, 0.2) is 0 Å². The van der Waals surface area contributed by atoms with Crippen molar-refractivity contribution in [3.8, 4) is 11.1 Å². The second-order valence-corrected chi connectivity index (χ2v) is 7.73. The Balaban J connectivity index is 1.67. The molecule has 174 valence electrons. The average molecular weight is 482 g/mol. The third-order valence-corrected chi connectivity index (χ3v) is 5.51. The lowest BCUT2D eigenvalue weighted by Crippen LogP contribution is -2.62. The molecule has 1 atom stereocenters. The molecule has 2 aromatic carbocycles. The fraction of sp³-hybridized carbons (Fsp3) is 0.316. The molecule has 0 saturated carbocycles. The highest BCUT2D eigenvalue weighted by Crippen LogP contribution is 2.36. The monoisotopic (exact) mass is 482 g/mol. The molecule has 13 heteroatoms. The average Bonchev–Trinajstić information content (AvgIpc) is 2.67. The molecule has 0 aromatic heterocycles. The van der Waals surface area contributed by atoms with Crippen LogP contribution in [-0.2, 0) is 16.0 Å². The summed E-state index contributed by atoms with van der Waals surface area (Å²) in [5.41, 5.74) is 2.01. The smallest absolute Gasteiger partial charge is 0.426 e. The van der Waals surface area contributed by atoms with Gasteiger partial charge in [0.1, 0.15) is 0 Å². The summed E-state index contributed by atoms with van der Waals surface area (Å²) < 4.78 is 101. The van der Waals surface area contributed by atoms with E-state index in [0.717, 1.165) is 15.4 Å². The minimum atomic E-state index is -5.82. The Bertz CT molecular complexity index is 949. The molecule has 0 spiro atoms. The van der Waals surface area contributed by atoms with Gasteiger partial charge in [-0.3, -0.25) is 8.86 Å². The first-order valence-corrected chi connectivity index (χ1v) is 10.1. The maximum absolute atomic E-state index is 12.6. The SMILES string of the molecule is O=C(OC(C(F)(F)F)C(F)(F)F)N1CC(N(c2ccc(-c3ccccc3)cc2)S(=O)O)C1. The van der Waals surface area contributed by atoms with Crippen LogP contribution in [0.1, 0.15) is 0 Å². The maximum Gasteiger partial charge on any atom is 0.434 e. The lowest BCUT2D eigenvalue weighted by atomic mass is 10.0. The minimum Gasteiger partial charge on any atom is -0.426 e. The van der Waals surface area contributed by atoms with Crippen molar-refractivity contribution in [1.29, 1.82) is 0 Å². The Morgan fingerprint density at radius 2 is 1.47 bits per heavy atom. The Morgan fingerprint density at radius 3 is 1.94 bits per heavy atom. The number of likely N-dealkylation sites (tertiary alicyclic amines) is 1. The lowest BCUT2D eigenvalue weighted by molar-refractivity contribution is -0.308. The zero-order valence-electron chi connectivity index (χ0n) is 16.0. The van der Waals surface area contributed by atoms with E-state index in [0.29, 0.717) is 4.90 Å². The molecular weight excluding hydrogens is 466 g/mol. The van der Waals surface area contributed by atoms with Crippen LogP contribution in [-0.4, -0.2) is 57.3 Å². The van der Waals surface area contributed by atoms with Crippen LogP contribution >= 0.6 is 0 Å². The van der Waals surface area contributed by atoms with Crippen molar-refractivity contribution >= 4 is 23.0 Å². The van der Waals surface area contributed by atoms with Crippen molar-refractivity contribution in [3.63, 3.8) is 0 Å². The molecule has 1 unspecified atom stereocenters. The van der Waals surface area contributed by atoms with Crippen molar-refractivity contribution in [1.82, 2.24) is 4.90 Å². The van der Waals surface area contributed by atoms with Crippen LogP contribution in [0.2, 0.25) is 0 Å². The Labute approximate surface area is 180 Å². The van der Waals surface area contributed by atoms with E-state index in [1.807, 2.05) is 30.3 Å². The van der Waals surface area contributed by atoms with Crippen LogP contribution in [0.4, 0.5) is 36.8 Å². The fourth-order valence-corrected chi connectivity index (χ4v) is 3.80. The third-order valence-electron chi connectivity index (χ3n) is 4.66. The normalized spacial score (nSPS) is 15.9. The highest BCUT2D eigenvalue weighted by molar-refractivity contribution is 7.80. The van der Waals surface area contributed by atoms with Crippen molar-refractivity contribution in [2.45, 2.75) is 24.5 Å². The van der Waals surface area contributed by atoms with E-state index in [-0.39, 0.29) is 5.69 Å². The van der Waals surface area contributed by atoms with Gasteiger partial charge in [-0.15, -0.1) is 0 Å². The van der Waals surface area contributed by atoms with Gasteiger partial charge >= 0.3 is 18.4 Å². The summed E-state index contributed by atoms with van der Waals surface area (Å²) in [6.45, 7) is -0.790. The molecule has 0 bridgehead atoms. The molecule has 1 amide bonds. The van der Waals surface area contributed by atoms with Gasteiger partial charge in [-0.05, 0) is 23.3 Å². The predicted molar refractivity (Wildman–Crippen MR) is 103 cm³/mol. The molecule has 6 nitrogen and oxygen atoms in total. The van der Waals surface area contributed by atoms with Crippen molar-refractivity contribution < 1.29 is 44.6 Å². The van der Waals surface area contributed by atoms with Gasteiger partial charge in [-0.1, -0.05) is 42.5 Å². The van der Waals surface area contributed by atoms with Gasteiger partial charge in [0.25, 0.3) is 17.4 Å². The molecule has 0 aliphatic carbocycles. The molecule has 0 radical (unpaired) electrons. The summed E-state index contributed by atoms with van der Waals surface area (Å²) in [4.78, 5) is 12.3. The molecule has 1 heterocycles. The highest BCUT2D eigenvalue weighted by atomic mass is 32.2. The van der Waals surface area contributed by atoms with Crippen LogP contribution in [0.5, 0.6) is 0 Å². The molecule has 2 aromatic rings. The highest BCUT2D eigenvalue weighted by Gasteiger charge is 2.60. The number of benzene rings is 2. The topological polar surface area (TPSA) is 70.1 Å². The summed E-state index contributed by atoms with van der Waals surface area (Å²) in [5.74, 6) is 0. The van der Waals surface area contributed by atoms with E-state index >= 15 is 0 Å². The number of carbonyl (C=O) groups is 1. The molecule has 1 fully saturated rings. The lowest BCUT2D eigenvalue weighted by Gasteiger charge is -2.43. The Kier molecular flexibility index (Phi) is 6.69. The van der Waals surface area contributed by atoms with E-state index in [1.165, 1.54) is 0 Å². The predicted octanol–water partition coefficient (Wildman–Crippen LogP) is 4.61.